The zero-order valence-electron chi connectivity index (χ0n) is 13.8. The maximum absolute atomic E-state index is 12.2. The van der Waals surface area contributed by atoms with E-state index in [0.29, 0.717) is 10.7 Å². The van der Waals surface area contributed by atoms with E-state index in [0.717, 1.165) is 22.3 Å². The van der Waals surface area contributed by atoms with Gasteiger partial charge in [0.25, 0.3) is 5.91 Å². The summed E-state index contributed by atoms with van der Waals surface area (Å²) < 4.78 is 1.01. The third kappa shape index (κ3) is 5.15. The number of carbonyl (C=O) groups excluding carboxylic acids is 1. The third-order valence-electron chi connectivity index (χ3n) is 4.16. The van der Waals surface area contributed by atoms with Crippen LogP contribution in [0, 0.1) is 3.57 Å². The van der Waals surface area contributed by atoms with Crippen LogP contribution in [-0.4, -0.2) is 24.1 Å². The van der Waals surface area contributed by atoms with Crippen molar-refractivity contribution in [3.05, 3.63) is 57.7 Å². The van der Waals surface area contributed by atoms with Crippen LogP contribution in [0.5, 0.6) is 0 Å². The molecule has 2 aromatic carbocycles. The molecule has 1 heterocycles. The average Bonchev–Trinajstić information content (AvgIpc) is 2.63. The Kier molecular flexibility index (Phi) is 6.25. The molecule has 0 radical (unpaired) electrons. The zero-order chi connectivity index (χ0) is 17.6. The predicted molar refractivity (Wildman–Crippen MR) is 115 cm³/mol. The highest BCUT2D eigenvalue weighted by atomic mass is 127. The molecule has 25 heavy (non-hydrogen) atoms. The van der Waals surface area contributed by atoms with Crippen LogP contribution in [-0.2, 0) is 0 Å². The zero-order valence-corrected chi connectivity index (χ0v) is 16.8. The normalized spacial score (nSPS) is 14.0. The Hall–Kier alpha value is -1.67. The molecule has 0 bridgehead atoms. The molecule has 1 aliphatic rings. The number of thiocarbonyl (C=S) groups is 1. The molecule has 6 heteroatoms. The number of rotatable bonds is 3. The summed E-state index contributed by atoms with van der Waals surface area (Å²) in [7, 11) is 0. The number of nitrogens with zero attached hydrogens (tertiary/aromatic N) is 1. The molecular weight excluding hydrogens is 445 g/mol. The summed E-state index contributed by atoms with van der Waals surface area (Å²) in [5, 5.41) is 6.08. The van der Waals surface area contributed by atoms with Crippen LogP contribution >= 0.6 is 34.8 Å². The van der Waals surface area contributed by atoms with E-state index < -0.39 is 0 Å². The largest absolute Gasteiger partial charge is 0.372 e. The Morgan fingerprint density at radius 2 is 1.76 bits per heavy atom. The van der Waals surface area contributed by atoms with Gasteiger partial charge in [0.2, 0.25) is 0 Å². The molecule has 2 aromatic rings. The molecule has 130 valence electrons. The van der Waals surface area contributed by atoms with Crippen molar-refractivity contribution in [1.82, 2.24) is 5.32 Å². The quantitative estimate of drug-likeness (QED) is 0.521. The second-order valence-corrected chi connectivity index (χ2v) is 7.67. The van der Waals surface area contributed by atoms with Gasteiger partial charge in [-0.2, -0.15) is 0 Å². The van der Waals surface area contributed by atoms with E-state index in [1.54, 1.807) is 6.07 Å². The van der Waals surface area contributed by atoms with Gasteiger partial charge < -0.3 is 10.2 Å². The third-order valence-corrected chi connectivity index (χ3v) is 5.04. The molecule has 0 unspecified atom stereocenters. The number of anilines is 2. The molecule has 1 saturated heterocycles. The maximum atomic E-state index is 12.2. The second kappa shape index (κ2) is 8.62. The van der Waals surface area contributed by atoms with Gasteiger partial charge in [0, 0.05) is 33.6 Å². The number of nitrogens with one attached hydrogen (secondary N) is 2. The van der Waals surface area contributed by atoms with Crippen LogP contribution in [0.4, 0.5) is 11.4 Å². The summed E-state index contributed by atoms with van der Waals surface area (Å²) in [4.78, 5) is 14.6. The van der Waals surface area contributed by atoms with Gasteiger partial charge in [-0.15, -0.1) is 0 Å². The van der Waals surface area contributed by atoms with Crippen molar-refractivity contribution in [1.29, 1.82) is 0 Å². The lowest BCUT2D eigenvalue weighted by molar-refractivity contribution is 0.0977. The SMILES string of the molecule is O=C(NC(=S)Nc1ccc(N2CCCCC2)cc1)c1cccc(I)c1. The van der Waals surface area contributed by atoms with E-state index in [9.17, 15) is 4.79 Å². The minimum Gasteiger partial charge on any atom is -0.372 e. The summed E-state index contributed by atoms with van der Waals surface area (Å²) in [6.07, 6.45) is 3.84. The topological polar surface area (TPSA) is 44.4 Å². The summed E-state index contributed by atoms with van der Waals surface area (Å²) >= 11 is 7.43. The Morgan fingerprint density at radius 3 is 2.44 bits per heavy atom. The van der Waals surface area contributed by atoms with Crippen LogP contribution in [0.3, 0.4) is 0 Å². The van der Waals surface area contributed by atoms with Gasteiger partial charge in [-0.1, -0.05) is 6.07 Å². The van der Waals surface area contributed by atoms with Crippen molar-refractivity contribution in [3.63, 3.8) is 0 Å². The number of benzene rings is 2. The molecule has 1 amide bonds. The van der Waals surface area contributed by atoms with E-state index >= 15 is 0 Å². The van der Waals surface area contributed by atoms with Gasteiger partial charge in [0.05, 0.1) is 0 Å². The van der Waals surface area contributed by atoms with Gasteiger partial charge in [-0.3, -0.25) is 10.1 Å². The molecule has 0 spiro atoms. The Balaban J connectivity index is 1.56. The molecule has 0 aromatic heterocycles. The summed E-state index contributed by atoms with van der Waals surface area (Å²) in [5.74, 6) is -0.207. The lowest BCUT2D eigenvalue weighted by Crippen LogP contribution is -2.34. The molecule has 1 fully saturated rings. The van der Waals surface area contributed by atoms with E-state index in [2.05, 4.69) is 50.3 Å². The fourth-order valence-electron chi connectivity index (χ4n) is 2.88. The standard InChI is InChI=1S/C19H20IN3OS/c20-15-6-4-5-14(13-15)18(24)22-19(25)21-16-7-9-17(10-8-16)23-11-2-1-3-12-23/h4-10,13H,1-3,11-12H2,(H2,21,22,24,25). The molecular formula is C19H20IN3OS. The van der Waals surface area contributed by atoms with Crippen LogP contribution in [0.2, 0.25) is 0 Å². The fourth-order valence-corrected chi connectivity index (χ4v) is 3.63. The molecule has 0 aliphatic carbocycles. The maximum Gasteiger partial charge on any atom is 0.257 e. The van der Waals surface area contributed by atoms with Crippen molar-refractivity contribution in [2.24, 2.45) is 0 Å². The fraction of sp³-hybridized carbons (Fsp3) is 0.263. The monoisotopic (exact) mass is 465 g/mol. The molecule has 1 aliphatic heterocycles. The minimum atomic E-state index is -0.207. The van der Waals surface area contributed by atoms with Gasteiger partial charge in [0.15, 0.2) is 5.11 Å². The lowest BCUT2D eigenvalue weighted by Gasteiger charge is -2.28. The van der Waals surface area contributed by atoms with Crippen LogP contribution in [0.15, 0.2) is 48.5 Å². The van der Waals surface area contributed by atoms with Crippen molar-refractivity contribution in [2.75, 3.05) is 23.3 Å². The van der Waals surface area contributed by atoms with Crippen molar-refractivity contribution in [2.45, 2.75) is 19.3 Å². The van der Waals surface area contributed by atoms with Crippen molar-refractivity contribution < 1.29 is 4.79 Å². The Morgan fingerprint density at radius 1 is 1.04 bits per heavy atom. The van der Waals surface area contributed by atoms with Gasteiger partial charge >= 0.3 is 0 Å². The van der Waals surface area contributed by atoms with E-state index in [1.165, 1.54) is 24.9 Å². The first-order valence-electron chi connectivity index (χ1n) is 8.35. The highest BCUT2D eigenvalue weighted by Gasteiger charge is 2.11. The number of piperidine rings is 1. The smallest absolute Gasteiger partial charge is 0.257 e. The van der Waals surface area contributed by atoms with E-state index in [1.807, 2.05) is 30.3 Å². The number of amides is 1. The predicted octanol–water partition coefficient (Wildman–Crippen LogP) is 4.41. The highest BCUT2D eigenvalue weighted by molar-refractivity contribution is 14.1. The van der Waals surface area contributed by atoms with Crippen LogP contribution < -0.4 is 15.5 Å². The number of carbonyl (C=O) groups is 1. The summed E-state index contributed by atoms with van der Waals surface area (Å²) in [6, 6.07) is 15.6. The molecule has 0 saturated carbocycles. The van der Waals surface area contributed by atoms with Crippen LogP contribution in [0.25, 0.3) is 0 Å². The summed E-state index contributed by atoms with van der Waals surface area (Å²) in [6.45, 7) is 2.24. The van der Waals surface area contributed by atoms with Gasteiger partial charge in [-0.05, 0) is 96.5 Å². The lowest BCUT2D eigenvalue weighted by atomic mass is 10.1. The van der Waals surface area contributed by atoms with Gasteiger partial charge in [-0.25, -0.2) is 0 Å². The van der Waals surface area contributed by atoms with E-state index in [-0.39, 0.29) is 5.91 Å². The Bertz CT molecular complexity index is 758. The van der Waals surface area contributed by atoms with Crippen molar-refractivity contribution in [3.8, 4) is 0 Å². The minimum absolute atomic E-state index is 0.207. The molecule has 2 N–H and O–H groups in total. The van der Waals surface area contributed by atoms with E-state index in [4.69, 9.17) is 12.2 Å². The average molecular weight is 465 g/mol. The Labute approximate surface area is 167 Å². The number of hydrogen-bond acceptors (Lipinski definition) is 3. The highest BCUT2D eigenvalue weighted by Crippen LogP contribution is 2.21. The van der Waals surface area contributed by atoms with Crippen molar-refractivity contribution >= 4 is 57.2 Å². The van der Waals surface area contributed by atoms with Crippen LogP contribution in [0.1, 0.15) is 29.6 Å². The number of hydrogen-bond donors (Lipinski definition) is 2. The summed E-state index contributed by atoms with van der Waals surface area (Å²) in [5.41, 5.74) is 2.70. The number of halogens is 1. The van der Waals surface area contributed by atoms with Gasteiger partial charge in [0.1, 0.15) is 0 Å². The molecule has 3 rings (SSSR count). The molecule has 0 atom stereocenters. The first-order chi connectivity index (χ1) is 12.1. The molecule has 4 nitrogen and oxygen atoms in total. The first kappa shape index (κ1) is 18.1. The first-order valence-corrected chi connectivity index (χ1v) is 9.83. The second-order valence-electron chi connectivity index (χ2n) is 6.01.